The van der Waals surface area contributed by atoms with Crippen LogP contribution >= 0.6 is 11.3 Å². The van der Waals surface area contributed by atoms with Crippen LogP contribution in [0, 0.1) is 23.7 Å². The molecule has 4 rings (SSSR count). The van der Waals surface area contributed by atoms with E-state index in [2.05, 4.69) is 18.8 Å². The van der Waals surface area contributed by atoms with E-state index in [4.69, 9.17) is 0 Å². The smallest absolute Gasteiger partial charge is 0.240 e. The summed E-state index contributed by atoms with van der Waals surface area (Å²) in [6.45, 7) is 4.21. The molecule has 0 aromatic carbocycles. The van der Waals surface area contributed by atoms with Gasteiger partial charge in [-0.25, -0.2) is 9.88 Å². The quantitative estimate of drug-likeness (QED) is 0.589. The van der Waals surface area contributed by atoms with Gasteiger partial charge in [-0.15, -0.1) is 11.3 Å². The highest BCUT2D eigenvalue weighted by Crippen LogP contribution is 2.60. The summed E-state index contributed by atoms with van der Waals surface area (Å²) in [6.07, 6.45) is 3.75. The second-order valence-corrected chi connectivity index (χ2v) is 7.00. The maximum absolute atomic E-state index is 12.7. The molecular weight excluding hydrogens is 272 g/mol. The lowest BCUT2D eigenvalue weighted by molar-refractivity contribution is -0.123. The molecule has 0 radical (unpaired) electrons. The summed E-state index contributed by atoms with van der Waals surface area (Å²) in [4.78, 5) is 30.9. The number of rotatable bonds is 1. The Hall–Kier alpha value is -1.49. The molecule has 1 aromatic heterocycles. The van der Waals surface area contributed by atoms with Gasteiger partial charge in [0.15, 0.2) is 5.13 Å². The molecule has 3 fully saturated rings. The number of aromatic nitrogens is 1. The maximum atomic E-state index is 12.7. The Balaban J connectivity index is 1.79. The molecule has 4 nitrogen and oxygen atoms in total. The predicted molar refractivity (Wildman–Crippen MR) is 76.2 cm³/mol. The first kappa shape index (κ1) is 12.3. The van der Waals surface area contributed by atoms with Crippen LogP contribution in [0.25, 0.3) is 0 Å². The van der Waals surface area contributed by atoms with Crippen LogP contribution in [0.2, 0.25) is 0 Å². The minimum atomic E-state index is -0.130. The average molecular weight is 288 g/mol. The van der Waals surface area contributed by atoms with E-state index in [9.17, 15) is 9.59 Å². The summed E-state index contributed by atoms with van der Waals surface area (Å²) >= 11 is 1.36. The van der Waals surface area contributed by atoms with Crippen molar-refractivity contribution in [1.82, 2.24) is 4.98 Å². The number of thiazole rings is 1. The van der Waals surface area contributed by atoms with Crippen molar-refractivity contribution in [3.05, 3.63) is 22.7 Å². The molecule has 1 aliphatic heterocycles. The Labute approximate surface area is 121 Å². The largest absolute Gasteiger partial charge is 0.274 e. The molecular formula is C15H16N2O2S. The van der Waals surface area contributed by atoms with Gasteiger partial charge in [-0.1, -0.05) is 11.1 Å². The van der Waals surface area contributed by atoms with Crippen LogP contribution in [0.15, 0.2) is 22.7 Å². The van der Waals surface area contributed by atoms with E-state index in [1.165, 1.54) is 27.4 Å². The number of allylic oxidation sites excluding steroid dienone is 2. The Morgan fingerprint density at radius 2 is 1.80 bits per heavy atom. The van der Waals surface area contributed by atoms with Crippen LogP contribution in [0.4, 0.5) is 5.13 Å². The van der Waals surface area contributed by atoms with E-state index in [-0.39, 0.29) is 35.5 Å². The zero-order valence-electron chi connectivity index (χ0n) is 11.5. The standard InChI is InChI=1S/C15H16N2O2S/c1-7(2)10-8-3-4-9(10)12-11(8)13(18)17(14(12)19)15-16-5-6-20-15/h5-6,8-9,11-12H,3-4H2,1-2H3/t8-,9-,11+,12+/m1/s1. The van der Waals surface area contributed by atoms with E-state index < -0.39 is 0 Å². The number of anilines is 1. The number of carbonyl (C=O) groups excluding carboxylic acids is 2. The zero-order valence-corrected chi connectivity index (χ0v) is 12.3. The first-order valence-electron chi connectivity index (χ1n) is 7.06. The monoisotopic (exact) mass is 288 g/mol. The molecule has 2 saturated carbocycles. The number of hydrogen-bond acceptors (Lipinski definition) is 4. The van der Waals surface area contributed by atoms with Gasteiger partial charge in [0.25, 0.3) is 0 Å². The lowest BCUT2D eigenvalue weighted by atomic mass is 9.81. The molecule has 1 aromatic rings. The number of carbonyl (C=O) groups is 2. The summed E-state index contributed by atoms with van der Waals surface area (Å²) < 4.78 is 0. The number of nitrogens with zero attached hydrogens (tertiary/aromatic N) is 2. The lowest BCUT2D eigenvalue weighted by Crippen LogP contribution is -2.33. The summed E-state index contributed by atoms with van der Waals surface area (Å²) in [5, 5.41) is 2.34. The van der Waals surface area contributed by atoms with Crippen molar-refractivity contribution in [2.75, 3.05) is 4.90 Å². The van der Waals surface area contributed by atoms with Gasteiger partial charge in [-0.3, -0.25) is 9.59 Å². The fraction of sp³-hybridized carbons (Fsp3) is 0.533. The van der Waals surface area contributed by atoms with E-state index in [1.807, 2.05) is 0 Å². The minimum Gasteiger partial charge on any atom is -0.274 e. The molecule has 0 unspecified atom stereocenters. The Morgan fingerprint density at radius 1 is 1.20 bits per heavy atom. The van der Waals surface area contributed by atoms with Crippen molar-refractivity contribution < 1.29 is 9.59 Å². The predicted octanol–water partition coefficient (Wildman–Crippen LogP) is 2.62. The van der Waals surface area contributed by atoms with Gasteiger partial charge >= 0.3 is 0 Å². The molecule has 4 atom stereocenters. The zero-order chi connectivity index (χ0) is 14.0. The molecule has 1 saturated heterocycles. The third-order valence-corrected chi connectivity index (χ3v) is 5.80. The van der Waals surface area contributed by atoms with Crippen molar-refractivity contribution in [2.24, 2.45) is 23.7 Å². The SMILES string of the molecule is CC(C)=C1[C@H]2CC[C@H]1[C@@H]1C(=O)N(c3nccs3)C(=O)[C@H]12. The highest BCUT2D eigenvalue weighted by molar-refractivity contribution is 7.14. The van der Waals surface area contributed by atoms with E-state index >= 15 is 0 Å². The molecule has 2 amide bonds. The highest BCUT2D eigenvalue weighted by Gasteiger charge is 2.63. The third-order valence-electron chi connectivity index (χ3n) is 5.04. The summed E-state index contributed by atoms with van der Waals surface area (Å²) in [5.41, 5.74) is 2.69. The lowest BCUT2D eigenvalue weighted by Gasteiger charge is -2.18. The fourth-order valence-electron chi connectivity index (χ4n) is 4.51. The molecule has 5 heteroatoms. The molecule has 0 spiro atoms. The van der Waals surface area contributed by atoms with Gasteiger partial charge in [0.1, 0.15) is 0 Å². The van der Waals surface area contributed by atoms with Crippen LogP contribution < -0.4 is 4.90 Å². The maximum Gasteiger partial charge on any atom is 0.240 e. The van der Waals surface area contributed by atoms with Gasteiger partial charge in [0, 0.05) is 11.6 Å². The van der Waals surface area contributed by atoms with E-state index in [0.29, 0.717) is 5.13 Å². The topological polar surface area (TPSA) is 50.3 Å². The second kappa shape index (κ2) is 4.01. The summed E-state index contributed by atoms with van der Waals surface area (Å²) in [5.74, 6) is 0.264. The van der Waals surface area contributed by atoms with Crippen LogP contribution in [-0.2, 0) is 9.59 Å². The fourth-order valence-corrected chi connectivity index (χ4v) is 5.16. The number of hydrogen-bond donors (Lipinski definition) is 0. The Morgan fingerprint density at radius 3 is 2.25 bits per heavy atom. The van der Waals surface area contributed by atoms with Gasteiger partial charge in [0.05, 0.1) is 11.8 Å². The van der Waals surface area contributed by atoms with Crippen molar-refractivity contribution in [1.29, 1.82) is 0 Å². The normalized spacial score (nSPS) is 35.1. The van der Waals surface area contributed by atoms with Gasteiger partial charge < -0.3 is 0 Å². The molecule has 2 aliphatic carbocycles. The van der Waals surface area contributed by atoms with Crippen LogP contribution in [0.5, 0.6) is 0 Å². The molecule has 2 heterocycles. The molecule has 104 valence electrons. The molecule has 3 aliphatic rings. The van der Waals surface area contributed by atoms with Crippen molar-refractivity contribution in [2.45, 2.75) is 26.7 Å². The van der Waals surface area contributed by atoms with Gasteiger partial charge in [-0.2, -0.15) is 0 Å². The second-order valence-electron chi connectivity index (χ2n) is 6.12. The highest BCUT2D eigenvalue weighted by atomic mass is 32.1. The Bertz CT molecular complexity index is 598. The molecule has 2 bridgehead atoms. The van der Waals surface area contributed by atoms with E-state index in [1.54, 1.807) is 11.6 Å². The van der Waals surface area contributed by atoms with Crippen molar-refractivity contribution >= 4 is 28.3 Å². The molecule has 20 heavy (non-hydrogen) atoms. The van der Waals surface area contributed by atoms with E-state index in [0.717, 1.165) is 12.8 Å². The van der Waals surface area contributed by atoms with Crippen LogP contribution in [0.1, 0.15) is 26.7 Å². The summed E-state index contributed by atoms with van der Waals surface area (Å²) in [6, 6.07) is 0. The van der Waals surface area contributed by atoms with Crippen LogP contribution in [0.3, 0.4) is 0 Å². The van der Waals surface area contributed by atoms with Crippen molar-refractivity contribution in [3.8, 4) is 0 Å². The van der Waals surface area contributed by atoms with Crippen molar-refractivity contribution in [3.63, 3.8) is 0 Å². The average Bonchev–Trinajstić information content (AvgIpc) is 3.13. The number of fused-ring (bicyclic) bond motifs is 5. The summed E-state index contributed by atoms with van der Waals surface area (Å²) in [7, 11) is 0. The number of imide groups is 1. The molecule has 0 N–H and O–H groups in total. The van der Waals surface area contributed by atoms with Crippen LogP contribution in [-0.4, -0.2) is 16.8 Å². The number of amides is 2. The van der Waals surface area contributed by atoms with Gasteiger partial charge in [0.2, 0.25) is 11.8 Å². The van der Waals surface area contributed by atoms with Gasteiger partial charge in [-0.05, 0) is 38.5 Å². The minimum absolute atomic E-state index is 0.0269. The Kier molecular flexibility index (Phi) is 2.46. The first-order valence-corrected chi connectivity index (χ1v) is 7.93. The first-order chi connectivity index (χ1) is 9.61. The third kappa shape index (κ3) is 1.34.